The van der Waals surface area contributed by atoms with E-state index in [0.29, 0.717) is 21.4 Å². The van der Waals surface area contributed by atoms with Crippen LogP contribution in [0.3, 0.4) is 0 Å². The summed E-state index contributed by atoms with van der Waals surface area (Å²) in [5.74, 6) is 0.930. The van der Waals surface area contributed by atoms with Crippen LogP contribution in [0.1, 0.15) is 25.0 Å². The Morgan fingerprint density at radius 3 is 2.52 bits per heavy atom. The Kier molecular flexibility index (Phi) is 7.13. The first kappa shape index (κ1) is 22.0. The molecule has 0 saturated carbocycles. The average Bonchev–Trinajstić information content (AvgIpc) is 2.92. The molecule has 0 N–H and O–H groups in total. The summed E-state index contributed by atoms with van der Waals surface area (Å²) in [4.78, 5) is 26.8. The van der Waals surface area contributed by atoms with E-state index in [1.165, 1.54) is 4.90 Å². The van der Waals surface area contributed by atoms with Crippen LogP contribution in [0, 0.1) is 3.57 Å². The summed E-state index contributed by atoms with van der Waals surface area (Å²) in [5, 5.41) is 0.314. The molecule has 152 valence electrons. The third kappa shape index (κ3) is 5.26. The second kappa shape index (κ2) is 9.40. The van der Waals surface area contributed by atoms with Crippen LogP contribution in [0.5, 0.6) is 11.5 Å². The molecule has 29 heavy (non-hydrogen) atoms. The van der Waals surface area contributed by atoms with E-state index in [0.717, 1.165) is 26.5 Å². The van der Waals surface area contributed by atoms with Gasteiger partial charge in [0.15, 0.2) is 11.5 Å². The van der Waals surface area contributed by atoms with Crippen LogP contribution in [0.2, 0.25) is 5.02 Å². The third-order valence-electron chi connectivity index (χ3n) is 4.03. The monoisotopic (exact) mass is 543 g/mol. The number of halogens is 2. The fourth-order valence-electron chi connectivity index (χ4n) is 2.73. The molecule has 0 atom stereocenters. The summed E-state index contributed by atoms with van der Waals surface area (Å²) in [6, 6.07) is 10.8. The zero-order valence-electron chi connectivity index (χ0n) is 16.1. The number of ether oxygens (including phenoxy) is 2. The van der Waals surface area contributed by atoms with Crippen molar-refractivity contribution in [1.29, 1.82) is 0 Å². The molecule has 0 aliphatic carbocycles. The van der Waals surface area contributed by atoms with Gasteiger partial charge >= 0.3 is 0 Å². The van der Waals surface area contributed by atoms with Crippen LogP contribution >= 0.6 is 46.0 Å². The van der Waals surface area contributed by atoms with E-state index >= 15 is 0 Å². The first-order valence-electron chi connectivity index (χ1n) is 8.82. The summed E-state index contributed by atoms with van der Waals surface area (Å²) >= 11 is 9.00. The van der Waals surface area contributed by atoms with Crippen LogP contribution < -0.4 is 9.47 Å². The van der Waals surface area contributed by atoms with E-state index in [2.05, 4.69) is 22.6 Å². The fraction of sp³-hybridized carbons (Fsp3) is 0.238. The molecule has 0 radical (unpaired) electrons. The van der Waals surface area contributed by atoms with E-state index < -0.39 is 0 Å². The minimum atomic E-state index is -0.313. The zero-order valence-corrected chi connectivity index (χ0v) is 19.8. The Hall–Kier alpha value is -1.71. The van der Waals surface area contributed by atoms with Gasteiger partial charge in [0.2, 0.25) is 0 Å². The van der Waals surface area contributed by atoms with Gasteiger partial charge in [-0.2, -0.15) is 0 Å². The highest BCUT2D eigenvalue weighted by Crippen LogP contribution is 2.38. The van der Waals surface area contributed by atoms with Crippen molar-refractivity contribution in [2.24, 2.45) is 0 Å². The molecule has 8 heteroatoms. The standard InChI is InChI=1S/C21H19ClINO4S/c1-12(2)28-19-16(23)8-14(9-17(19)27-3)10-18-20(25)24(21(26)29-18)11-13-4-6-15(22)7-5-13/h4-10,12H,11H2,1-3H3/b18-10+. The van der Waals surface area contributed by atoms with Crippen molar-refractivity contribution in [2.45, 2.75) is 26.5 Å². The van der Waals surface area contributed by atoms with Crippen LogP contribution in [0.25, 0.3) is 6.08 Å². The molecule has 0 aromatic heterocycles. The Morgan fingerprint density at radius 2 is 1.90 bits per heavy atom. The molecule has 1 saturated heterocycles. The molecule has 1 heterocycles. The normalized spacial score (nSPS) is 15.5. The lowest BCUT2D eigenvalue weighted by atomic mass is 10.1. The van der Waals surface area contributed by atoms with E-state index in [4.69, 9.17) is 21.1 Å². The van der Waals surface area contributed by atoms with Gasteiger partial charge in [-0.3, -0.25) is 14.5 Å². The first-order chi connectivity index (χ1) is 13.8. The predicted octanol–water partition coefficient (Wildman–Crippen LogP) is 5.98. The van der Waals surface area contributed by atoms with Gasteiger partial charge in [-0.25, -0.2) is 0 Å². The van der Waals surface area contributed by atoms with Crippen molar-refractivity contribution < 1.29 is 19.1 Å². The van der Waals surface area contributed by atoms with Crippen LogP contribution in [0.15, 0.2) is 41.3 Å². The molecular weight excluding hydrogens is 525 g/mol. The second-order valence-electron chi connectivity index (χ2n) is 6.60. The number of benzene rings is 2. The van der Waals surface area contributed by atoms with E-state index in [-0.39, 0.29) is 23.8 Å². The molecule has 1 fully saturated rings. The van der Waals surface area contributed by atoms with Crippen molar-refractivity contribution >= 4 is 63.2 Å². The van der Waals surface area contributed by atoms with E-state index in [1.54, 1.807) is 43.5 Å². The lowest BCUT2D eigenvalue weighted by Crippen LogP contribution is -2.27. The largest absolute Gasteiger partial charge is 0.493 e. The molecule has 5 nitrogen and oxygen atoms in total. The second-order valence-corrected chi connectivity index (χ2v) is 9.19. The Morgan fingerprint density at radius 1 is 1.21 bits per heavy atom. The van der Waals surface area contributed by atoms with Gasteiger partial charge in [0.25, 0.3) is 11.1 Å². The smallest absolute Gasteiger partial charge is 0.293 e. The number of amides is 2. The number of carbonyl (C=O) groups is 2. The van der Waals surface area contributed by atoms with Crippen molar-refractivity contribution in [3.05, 3.63) is 61.0 Å². The van der Waals surface area contributed by atoms with Crippen LogP contribution in [0.4, 0.5) is 4.79 Å². The van der Waals surface area contributed by atoms with Crippen molar-refractivity contribution in [1.82, 2.24) is 4.90 Å². The topological polar surface area (TPSA) is 55.8 Å². The van der Waals surface area contributed by atoms with Crippen LogP contribution in [-0.4, -0.2) is 29.3 Å². The maximum atomic E-state index is 12.8. The van der Waals surface area contributed by atoms with Crippen molar-refractivity contribution in [2.75, 3.05) is 7.11 Å². The minimum Gasteiger partial charge on any atom is -0.493 e. The number of carbonyl (C=O) groups excluding carboxylic acids is 2. The molecule has 1 aliphatic heterocycles. The van der Waals surface area contributed by atoms with E-state index in [9.17, 15) is 9.59 Å². The summed E-state index contributed by atoms with van der Waals surface area (Å²) in [5.41, 5.74) is 1.60. The Labute approximate surface area is 192 Å². The highest BCUT2D eigenvalue weighted by atomic mass is 127. The number of imide groups is 1. The van der Waals surface area contributed by atoms with Gasteiger partial charge in [0.05, 0.1) is 28.2 Å². The van der Waals surface area contributed by atoms with Crippen molar-refractivity contribution in [3.63, 3.8) is 0 Å². The van der Waals surface area contributed by atoms with Gasteiger partial charge in [0, 0.05) is 5.02 Å². The predicted molar refractivity (Wildman–Crippen MR) is 124 cm³/mol. The highest BCUT2D eigenvalue weighted by molar-refractivity contribution is 14.1. The SMILES string of the molecule is COc1cc(/C=C2/SC(=O)N(Cc3ccc(Cl)cc3)C2=O)cc(I)c1OC(C)C. The zero-order chi connectivity index (χ0) is 21.1. The van der Waals surface area contributed by atoms with Gasteiger partial charge in [-0.15, -0.1) is 0 Å². The Balaban J connectivity index is 1.85. The Bertz CT molecular complexity index is 975. The summed E-state index contributed by atoms with van der Waals surface area (Å²) < 4.78 is 12.1. The minimum absolute atomic E-state index is 0.00707. The van der Waals surface area contributed by atoms with Gasteiger partial charge < -0.3 is 9.47 Å². The van der Waals surface area contributed by atoms with Gasteiger partial charge in [-0.1, -0.05) is 23.7 Å². The summed E-state index contributed by atoms with van der Waals surface area (Å²) in [6.45, 7) is 4.10. The van der Waals surface area contributed by atoms with Gasteiger partial charge in [0.1, 0.15) is 0 Å². The summed E-state index contributed by atoms with van der Waals surface area (Å²) in [6.07, 6.45) is 1.71. The molecule has 3 rings (SSSR count). The average molecular weight is 544 g/mol. The lowest BCUT2D eigenvalue weighted by molar-refractivity contribution is -0.123. The molecule has 0 bridgehead atoms. The number of nitrogens with zero attached hydrogens (tertiary/aromatic N) is 1. The number of hydrogen-bond acceptors (Lipinski definition) is 5. The number of hydrogen-bond donors (Lipinski definition) is 0. The molecule has 2 aromatic carbocycles. The molecule has 2 aromatic rings. The number of thioether (sulfide) groups is 1. The third-order valence-corrected chi connectivity index (χ3v) is 5.99. The maximum Gasteiger partial charge on any atom is 0.293 e. The van der Waals surface area contributed by atoms with E-state index in [1.807, 2.05) is 19.9 Å². The van der Waals surface area contributed by atoms with Gasteiger partial charge in [-0.05, 0) is 89.7 Å². The fourth-order valence-corrected chi connectivity index (χ4v) is 4.45. The molecule has 0 unspecified atom stereocenters. The summed E-state index contributed by atoms with van der Waals surface area (Å²) in [7, 11) is 1.57. The number of methoxy groups -OCH3 is 1. The molecule has 1 aliphatic rings. The van der Waals surface area contributed by atoms with Crippen molar-refractivity contribution in [3.8, 4) is 11.5 Å². The maximum absolute atomic E-state index is 12.8. The van der Waals surface area contributed by atoms with Crippen LogP contribution in [-0.2, 0) is 11.3 Å². The first-order valence-corrected chi connectivity index (χ1v) is 11.1. The highest BCUT2D eigenvalue weighted by Gasteiger charge is 2.35. The molecular formula is C21H19ClINO4S. The lowest BCUT2D eigenvalue weighted by Gasteiger charge is -2.16. The number of rotatable bonds is 6. The quantitative estimate of drug-likeness (QED) is 0.332. The molecule has 2 amide bonds. The molecule has 0 spiro atoms.